The molecule has 1 aromatic rings. The molecule has 0 saturated carbocycles. The van der Waals surface area contributed by atoms with Gasteiger partial charge in [-0.05, 0) is 44.5 Å². The Labute approximate surface area is 171 Å². The fourth-order valence-corrected chi connectivity index (χ4v) is 5.62. The summed E-state index contributed by atoms with van der Waals surface area (Å²) in [5.41, 5.74) is 0.759. The highest BCUT2D eigenvalue weighted by molar-refractivity contribution is 7.91. The molecule has 1 heterocycles. The third-order valence-corrected chi connectivity index (χ3v) is 7.97. The Morgan fingerprint density at radius 2 is 1.90 bits per heavy atom. The Balaban J connectivity index is 1.81. The van der Waals surface area contributed by atoms with E-state index in [0.717, 1.165) is 5.56 Å². The predicted molar refractivity (Wildman–Crippen MR) is 106 cm³/mol. The molecule has 0 aliphatic carbocycles. The van der Waals surface area contributed by atoms with E-state index >= 15 is 0 Å². The Morgan fingerprint density at radius 3 is 2.41 bits per heavy atom. The van der Waals surface area contributed by atoms with Gasteiger partial charge in [0.05, 0.1) is 16.4 Å². The average molecular weight is 447 g/mol. The van der Waals surface area contributed by atoms with Crippen molar-refractivity contribution in [2.45, 2.75) is 37.1 Å². The molecule has 9 nitrogen and oxygen atoms in total. The molecule has 1 fully saturated rings. The minimum absolute atomic E-state index is 0.0370. The zero-order valence-electron chi connectivity index (χ0n) is 16.5. The summed E-state index contributed by atoms with van der Waals surface area (Å²) >= 11 is 0. The van der Waals surface area contributed by atoms with Crippen LogP contribution in [0.1, 0.15) is 25.3 Å². The number of benzene rings is 1. The Morgan fingerprint density at radius 1 is 1.24 bits per heavy atom. The number of rotatable bonds is 9. The van der Waals surface area contributed by atoms with Gasteiger partial charge in [0.2, 0.25) is 10.0 Å². The van der Waals surface area contributed by atoms with E-state index in [2.05, 4.69) is 4.72 Å². The summed E-state index contributed by atoms with van der Waals surface area (Å²) in [6.07, 6.45) is 0.774. The van der Waals surface area contributed by atoms with Crippen LogP contribution in [0.4, 0.5) is 0 Å². The van der Waals surface area contributed by atoms with E-state index in [4.69, 9.17) is 4.74 Å². The number of hydrogen-bond donors (Lipinski definition) is 1. The quantitative estimate of drug-likeness (QED) is 0.533. The molecule has 1 amide bonds. The first kappa shape index (κ1) is 23.3. The summed E-state index contributed by atoms with van der Waals surface area (Å²) < 4.78 is 53.8. The number of likely N-dealkylation sites (N-methyl/N-ethyl adjacent to an activating group) is 1. The molecule has 2 rings (SSSR count). The van der Waals surface area contributed by atoms with E-state index in [0.29, 0.717) is 19.4 Å². The van der Waals surface area contributed by atoms with Crippen LogP contribution in [-0.4, -0.2) is 71.4 Å². The minimum atomic E-state index is -3.51. The van der Waals surface area contributed by atoms with Crippen LogP contribution in [0.3, 0.4) is 0 Å². The molecule has 29 heavy (non-hydrogen) atoms. The smallest absolute Gasteiger partial charge is 0.306 e. The maximum absolute atomic E-state index is 12.3. The van der Waals surface area contributed by atoms with Crippen molar-refractivity contribution in [1.82, 2.24) is 9.62 Å². The van der Waals surface area contributed by atoms with Gasteiger partial charge in [-0.15, -0.1) is 0 Å². The highest BCUT2D eigenvalue weighted by atomic mass is 32.2. The van der Waals surface area contributed by atoms with Crippen molar-refractivity contribution in [1.29, 1.82) is 0 Å². The van der Waals surface area contributed by atoms with Crippen LogP contribution in [0, 0.1) is 0 Å². The topological polar surface area (TPSA) is 127 Å². The van der Waals surface area contributed by atoms with E-state index in [9.17, 15) is 26.4 Å². The van der Waals surface area contributed by atoms with Crippen LogP contribution < -0.4 is 4.72 Å². The fourth-order valence-electron chi connectivity index (χ4n) is 3.16. The van der Waals surface area contributed by atoms with Crippen molar-refractivity contribution in [3.05, 3.63) is 29.8 Å². The Kier molecular flexibility index (Phi) is 7.78. The van der Waals surface area contributed by atoms with Crippen molar-refractivity contribution < 1.29 is 31.2 Å². The maximum Gasteiger partial charge on any atom is 0.306 e. The Hall–Kier alpha value is -1.98. The number of nitrogens with zero attached hydrogens (tertiary/aromatic N) is 1. The highest BCUT2D eigenvalue weighted by Crippen LogP contribution is 2.18. The molecule has 0 radical (unpaired) electrons. The molecule has 0 bridgehead atoms. The number of sulfone groups is 1. The summed E-state index contributed by atoms with van der Waals surface area (Å²) in [6, 6.07) is 5.75. The summed E-state index contributed by atoms with van der Waals surface area (Å²) in [6.45, 7) is 1.67. The summed E-state index contributed by atoms with van der Waals surface area (Å²) in [5, 5.41) is 0. The van der Waals surface area contributed by atoms with E-state index in [-0.39, 0.29) is 28.9 Å². The first-order valence-electron chi connectivity index (χ1n) is 9.26. The van der Waals surface area contributed by atoms with Crippen LogP contribution >= 0.6 is 0 Å². The van der Waals surface area contributed by atoms with Gasteiger partial charge in [0.15, 0.2) is 16.4 Å². The number of nitrogens with one attached hydrogen (secondary N) is 1. The second-order valence-corrected chi connectivity index (χ2v) is 10.9. The van der Waals surface area contributed by atoms with Crippen molar-refractivity contribution >= 4 is 31.7 Å². The summed E-state index contributed by atoms with van der Waals surface area (Å²) in [4.78, 5) is 25.8. The third-order valence-electron chi connectivity index (χ3n) is 4.79. The number of carbonyl (C=O) groups is 2. The van der Waals surface area contributed by atoms with Crippen molar-refractivity contribution in [3.63, 3.8) is 0 Å². The largest absolute Gasteiger partial charge is 0.456 e. The lowest BCUT2D eigenvalue weighted by Crippen LogP contribution is -2.43. The monoisotopic (exact) mass is 446 g/mol. The van der Waals surface area contributed by atoms with E-state index in [1.807, 2.05) is 0 Å². The number of amides is 1. The number of esters is 1. The van der Waals surface area contributed by atoms with Gasteiger partial charge < -0.3 is 9.64 Å². The zero-order chi connectivity index (χ0) is 21.7. The van der Waals surface area contributed by atoms with Gasteiger partial charge in [0, 0.05) is 19.0 Å². The van der Waals surface area contributed by atoms with E-state index in [1.165, 1.54) is 24.1 Å². The molecule has 1 aliphatic heterocycles. The normalized spacial score (nSPS) is 18.3. The van der Waals surface area contributed by atoms with Gasteiger partial charge >= 0.3 is 5.97 Å². The molecule has 162 valence electrons. The molecule has 11 heteroatoms. The first-order valence-corrected chi connectivity index (χ1v) is 12.6. The lowest BCUT2D eigenvalue weighted by Gasteiger charge is -2.26. The first-order chi connectivity index (χ1) is 13.6. The minimum Gasteiger partial charge on any atom is -0.456 e. The molecule has 1 atom stereocenters. The van der Waals surface area contributed by atoms with Crippen LogP contribution in [0.15, 0.2) is 29.2 Å². The number of carbonyl (C=O) groups excluding carboxylic acids is 2. The van der Waals surface area contributed by atoms with Crippen LogP contribution in [0.25, 0.3) is 0 Å². The fraction of sp³-hybridized carbons (Fsp3) is 0.556. The molecular formula is C18H26N2O7S2. The predicted octanol–water partition coefficient (Wildman–Crippen LogP) is 0.106. The number of hydrogen-bond acceptors (Lipinski definition) is 7. The second-order valence-electron chi connectivity index (χ2n) is 6.75. The third kappa shape index (κ3) is 6.51. The van der Waals surface area contributed by atoms with Crippen molar-refractivity contribution in [2.75, 3.05) is 31.7 Å². The summed E-state index contributed by atoms with van der Waals surface area (Å²) in [5.74, 6) is -0.958. The molecule has 1 saturated heterocycles. The second kappa shape index (κ2) is 9.68. The molecule has 1 aromatic carbocycles. The van der Waals surface area contributed by atoms with Gasteiger partial charge in [-0.25, -0.2) is 21.6 Å². The van der Waals surface area contributed by atoms with Gasteiger partial charge in [-0.2, -0.15) is 0 Å². The van der Waals surface area contributed by atoms with Gasteiger partial charge in [-0.1, -0.05) is 12.1 Å². The average Bonchev–Trinajstić information content (AvgIpc) is 3.05. The summed E-state index contributed by atoms with van der Waals surface area (Å²) in [7, 11) is -5.30. The van der Waals surface area contributed by atoms with Gasteiger partial charge in [0.1, 0.15) is 0 Å². The number of aryl methyl sites for hydroxylation is 1. The number of ether oxygens (including phenoxy) is 1. The molecule has 0 spiro atoms. The Bertz CT molecular complexity index is 941. The lowest BCUT2D eigenvalue weighted by atomic mass is 10.1. The highest BCUT2D eigenvalue weighted by Gasteiger charge is 2.34. The van der Waals surface area contributed by atoms with E-state index in [1.54, 1.807) is 19.1 Å². The van der Waals surface area contributed by atoms with Gasteiger partial charge in [0.25, 0.3) is 5.91 Å². The molecule has 1 aliphatic rings. The molecular weight excluding hydrogens is 420 g/mol. The van der Waals surface area contributed by atoms with Crippen molar-refractivity contribution in [2.24, 2.45) is 0 Å². The van der Waals surface area contributed by atoms with Crippen LogP contribution in [0.2, 0.25) is 0 Å². The molecule has 1 N–H and O–H groups in total. The standard InChI is InChI=1S/C18H26N2O7S2/c1-3-20(15-10-11-28(23,24)13-15)17(21)12-27-18(22)9-6-14-4-7-16(8-5-14)29(25,26)19-2/h4-5,7-8,15,19H,3,6,9-13H2,1-2H3. The SMILES string of the molecule is CCN(C(=O)COC(=O)CCc1ccc(S(=O)(=O)NC)cc1)C1CCS(=O)(=O)C1. The molecule has 0 aromatic heterocycles. The van der Waals surface area contributed by atoms with Gasteiger partial charge in [-0.3, -0.25) is 9.59 Å². The molecule has 1 unspecified atom stereocenters. The van der Waals surface area contributed by atoms with Crippen LogP contribution in [0.5, 0.6) is 0 Å². The van der Waals surface area contributed by atoms with Crippen LogP contribution in [-0.2, 0) is 40.6 Å². The number of sulfonamides is 1. The van der Waals surface area contributed by atoms with Crippen molar-refractivity contribution in [3.8, 4) is 0 Å². The lowest BCUT2D eigenvalue weighted by molar-refractivity contribution is -0.152. The maximum atomic E-state index is 12.3. The van der Waals surface area contributed by atoms with E-state index < -0.39 is 38.3 Å². The zero-order valence-corrected chi connectivity index (χ0v) is 18.1.